The van der Waals surface area contributed by atoms with Gasteiger partial charge in [-0.15, -0.1) is 0 Å². The molecule has 1 heterocycles. The van der Waals surface area contributed by atoms with Gasteiger partial charge in [0, 0.05) is 24.7 Å². The van der Waals surface area contributed by atoms with Gasteiger partial charge in [0.05, 0.1) is 13.2 Å². The normalized spacial score (nSPS) is 11.9. The van der Waals surface area contributed by atoms with Crippen LogP contribution in [0.25, 0.3) is 0 Å². The molecule has 122 valence electrons. The van der Waals surface area contributed by atoms with E-state index in [1.54, 1.807) is 25.7 Å². The summed E-state index contributed by atoms with van der Waals surface area (Å²) >= 11 is 0. The van der Waals surface area contributed by atoms with Gasteiger partial charge >= 0.3 is 5.97 Å². The van der Waals surface area contributed by atoms with Crippen LogP contribution < -0.4 is 0 Å². The van der Waals surface area contributed by atoms with Crippen molar-refractivity contribution in [1.29, 1.82) is 0 Å². The predicted octanol–water partition coefficient (Wildman–Crippen LogP) is 2.25. The fraction of sp³-hybridized carbons (Fsp3) is 0.562. The maximum absolute atomic E-state index is 12.8. The Bertz CT molecular complexity index is 589. The highest BCUT2D eigenvalue weighted by molar-refractivity contribution is 6.06. The van der Waals surface area contributed by atoms with Gasteiger partial charge in [-0.25, -0.2) is 4.79 Å². The molecule has 0 bridgehead atoms. The number of Topliss-reactive ketones (excluding diaryl/α,β-unsaturated/α-hetero) is 1. The number of aryl methyl sites for hydroxylation is 1. The molecule has 1 rings (SSSR count). The number of hydrogen-bond donors (Lipinski definition) is 1. The van der Waals surface area contributed by atoms with Gasteiger partial charge in [0.25, 0.3) is 0 Å². The standard InChI is InChI=1S/C16H24N2O4/c1-7-8-18(12(5)19)11(4)15(20)13-9(2)14(16(21)22-6)17-10(13)3/h11,17H,7-8H2,1-6H3/t11-/m0/s1. The summed E-state index contributed by atoms with van der Waals surface area (Å²) < 4.78 is 4.70. The number of hydrogen-bond acceptors (Lipinski definition) is 4. The molecule has 22 heavy (non-hydrogen) atoms. The molecular formula is C16H24N2O4. The van der Waals surface area contributed by atoms with Gasteiger partial charge in [0.2, 0.25) is 5.91 Å². The second kappa shape index (κ2) is 7.24. The number of aromatic amines is 1. The number of methoxy groups -OCH3 is 1. The summed E-state index contributed by atoms with van der Waals surface area (Å²) in [5, 5.41) is 0. The third kappa shape index (κ3) is 3.37. The molecule has 0 aliphatic rings. The number of ketones is 1. The first-order chi connectivity index (χ1) is 10.3. The highest BCUT2D eigenvalue weighted by Crippen LogP contribution is 2.22. The molecule has 0 aromatic carbocycles. The Morgan fingerprint density at radius 3 is 2.32 bits per heavy atom. The van der Waals surface area contributed by atoms with Crippen LogP contribution in [-0.4, -0.2) is 47.2 Å². The van der Waals surface area contributed by atoms with Gasteiger partial charge < -0.3 is 14.6 Å². The van der Waals surface area contributed by atoms with E-state index in [-0.39, 0.29) is 17.4 Å². The summed E-state index contributed by atoms with van der Waals surface area (Å²) in [6, 6.07) is -0.573. The van der Waals surface area contributed by atoms with Crippen LogP contribution in [0.2, 0.25) is 0 Å². The van der Waals surface area contributed by atoms with Crippen molar-refractivity contribution < 1.29 is 19.1 Å². The molecule has 1 amide bonds. The summed E-state index contributed by atoms with van der Waals surface area (Å²) in [5.41, 5.74) is 1.90. The number of carbonyl (C=O) groups is 3. The van der Waals surface area contributed by atoms with Crippen LogP contribution in [0, 0.1) is 13.8 Å². The van der Waals surface area contributed by atoms with Gasteiger partial charge in [0.1, 0.15) is 5.69 Å². The fourth-order valence-corrected chi connectivity index (χ4v) is 2.64. The molecule has 0 radical (unpaired) electrons. The Hall–Kier alpha value is -2.11. The lowest BCUT2D eigenvalue weighted by Gasteiger charge is -2.27. The van der Waals surface area contributed by atoms with E-state index in [1.807, 2.05) is 6.92 Å². The third-order valence-corrected chi connectivity index (χ3v) is 3.79. The molecule has 6 nitrogen and oxygen atoms in total. The van der Waals surface area contributed by atoms with E-state index < -0.39 is 12.0 Å². The maximum atomic E-state index is 12.8. The first-order valence-corrected chi connectivity index (χ1v) is 7.35. The minimum absolute atomic E-state index is 0.137. The molecule has 0 aliphatic heterocycles. The lowest BCUT2D eigenvalue weighted by molar-refractivity contribution is -0.130. The first kappa shape index (κ1) is 17.9. The Morgan fingerprint density at radius 1 is 1.27 bits per heavy atom. The van der Waals surface area contributed by atoms with Gasteiger partial charge in [-0.05, 0) is 32.8 Å². The molecule has 1 N–H and O–H groups in total. The van der Waals surface area contributed by atoms with Crippen molar-refractivity contribution in [3.63, 3.8) is 0 Å². The van der Waals surface area contributed by atoms with Crippen LogP contribution in [0.1, 0.15) is 59.3 Å². The smallest absolute Gasteiger partial charge is 0.354 e. The largest absolute Gasteiger partial charge is 0.464 e. The number of ether oxygens (including phenoxy) is 1. The van der Waals surface area contributed by atoms with Crippen LogP contribution in [0.4, 0.5) is 0 Å². The summed E-state index contributed by atoms with van der Waals surface area (Å²) in [6.07, 6.45) is 0.774. The van der Waals surface area contributed by atoms with E-state index in [0.717, 1.165) is 6.42 Å². The first-order valence-electron chi connectivity index (χ1n) is 7.35. The van der Waals surface area contributed by atoms with E-state index in [4.69, 9.17) is 4.74 Å². The molecule has 1 aromatic heterocycles. The Balaban J connectivity index is 3.20. The second-order valence-electron chi connectivity index (χ2n) is 5.37. The number of carbonyl (C=O) groups excluding carboxylic acids is 3. The number of aromatic nitrogens is 1. The molecule has 0 aliphatic carbocycles. The molecule has 1 aromatic rings. The van der Waals surface area contributed by atoms with Crippen molar-refractivity contribution in [2.24, 2.45) is 0 Å². The molecule has 0 fully saturated rings. The van der Waals surface area contributed by atoms with Gasteiger partial charge in [-0.3, -0.25) is 9.59 Å². The van der Waals surface area contributed by atoms with E-state index in [0.29, 0.717) is 23.4 Å². The van der Waals surface area contributed by atoms with Crippen molar-refractivity contribution in [2.75, 3.05) is 13.7 Å². The predicted molar refractivity (Wildman–Crippen MR) is 83.1 cm³/mol. The summed E-state index contributed by atoms with van der Waals surface area (Å²) in [5.74, 6) is -0.823. The zero-order chi connectivity index (χ0) is 17.0. The summed E-state index contributed by atoms with van der Waals surface area (Å²) in [6.45, 7) is 9.08. The van der Waals surface area contributed by atoms with Crippen molar-refractivity contribution in [3.8, 4) is 0 Å². The second-order valence-corrected chi connectivity index (χ2v) is 5.37. The molecule has 0 saturated carbocycles. The Morgan fingerprint density at radius 2 is 1.86 bits per heavy atom. The lowest BCUT2D eigenvalue weighted by Crippen LogP contribution is -2.42. The molecule has 6 heteroatoms. The quantitative estimate of drug-likeness (QED) is 0.645. The molecular weight excluding hydrogens is 284 g/mol. The molecule has 0 spiro atoms. The van der Waals surface area contributed by atoms with Gasteiger partial charge in [0.15, 0.2) is 5.78 Å². The highest BCUT2D eigenvalue weighted by atomic mass is 16.5. The summed E-state index contributed by atoms with van der Waals surface area (Å²) in [4.78, 5) is 40.7. The Labute approximate surface area is 130 Å². The minimum Gasteiger partial charge on any atom is -0.464 e. The number of esters is 1. The van der Waals surface area contributed by atoms with Gasteiger partial charge in [-0.2, -0.15) is 0 Å². The number of amides is 1. The SMILES string of the molecule is CCCN(C(C)=O)[C@@H](C)C(=O)c1c(C)[nH]c(C(=O)OC)c1C. The number of H-pyrrole nitrogens is 1. The summed E-state index contributed by atoms with van der Waals surface area (Å²) in [7, 11) is 1.29. The number of nitrogens with one attached hydrogen (secondary N) is 1. The molecule has 1 atom stereocenters. The Kier molecular flexibility index (Phi) is 5.91. The van der Waals surface area contributed by atoms with Crippen LogP contribution in [0.5, 0.6) is 0 Å². The van der Waals surface area contributed by atoms with E-state index in [9.17, 15) is 14.4 Å². The number of rotatable bonds is 6. The van der Waals surface area contributed by atoms with Crippen molar-refractivity contribution >= 4 is 17.7 Å². The lowest BCUT2D eigenvalue weighted by atomic mass is 9.99. The maximum Gasteiger partial charge on any atom is 0.354 e. The monoisotopic (exact) mass is 308 g/mol. The average Bonchev–Trinajstić information content (AvgIpc) is 2.77. The third-order valence-electron chi connectivity index (χ3n) is 3.79. The van der Waals surface area contributed by atoms with Gasteiger partial charge in [-0.1, -0.05) is 6.92 Å². The van der Waals surface area contributed by atoms with Crippen LogP contribution in [-0.2, 0) is 9.53 Å². The minimum atomic E-state index is -0.573. The highest BCUT2D eigenvalue weighted by Gasteiger charge is 2.29. The van der Waals surface area contributed by atoms with Crippen LogP contribution in [0.3, 0.4) is 0 Å². The topological polar surface area (TPSA) is 79.5 Å². The van der Waals surface area contributed by atoms with E-state index in [2.05, 4.69) is 4.98 Å². The van der Waals surface area contributed by atoms with E-state index >= 15 is 0 Å². The van der Waals surface area contributed by atoms with Crippen LogP contribution in [0.15, 0.2) is 0 Å². The molecule has 0 saturated heterocycles. The molecule has 0 unspecified atom stereocenters. The van der Waals surface area contributed by atoms with E-state index in [1.165, 1.54) is 14.0 Å². The fourth-order valence-electron chi connectivity index (χ4n) is 2.64. The zero-order valence-corrected chi connectivity index (χ0v) is 14.1. The van der Waals surface area contributed by atoms with Crippen LogP contribution >= 0.6 is 0 Å². The van der Waals surface area contributed by atoms with Crippen molar-refractivity contribution in [3.05, 3.63) is 22.5 Å². The number of nitrogens with zero attached hydrogens (tertiary/aromatic N) is 1. The average molecular weight is 308 g/mol. The zero-order valence-electron chi connectivity index (χ0n) is 14.1. The van der Waals surface area contributed by atoms with Crippen molar-refractivity contribution in [1.82, 2.24) is 9.88 Å². The van der Waals surface area contributed by atoms with Crippen molar-refractivity contribution in [2.45, 2.75) is 47.1 Å².